The molecule has 6 rings (SSSR count). The van der Waals surface area contributed by atoms with Gasteiger partial charge in [-0.15, -0.1) is 0 Å². The molecular formula is C28H19N5O5. The molecule has 38 heavy (non-hydrogen) atoms. The summed E-state index contributed by atoms with van der Waals surface area (Å²) in [4.78, 5) is 28.8. The van der Waals surface area contributed by atoms with Gasteiger partial charge in [-0.1, -0.05) is 18.2 Å². The van der Waals surface area contributed by atoms with Gasteiger partial charge in [0.1, 0.15) is 11.3 Å². The van der Waals surface area contributed by atoms with Gasteiger partial charge in [0.2, 0.25) is 5.82 Å². The Morgan fingerprint density at radius 3 is 2.61 bits per heavy atom. The van der Waals surface area contributed by atoms with Gasteiger partial charge in [0.05, 0.1) is 40.2 Å². The van der Waals surface area contributed by atoms with E-state index in [-0.39, 0.29) is 17.1 Å². The summed E-state index contributed by atoms with van der Waals surface area (Å²) < 4.78 is 14.5. The number of nitro benzene ring substituents is 1. The van der Waals surface area contributed by atoms with E-state index in [0.29, 0.717) is 39.4 Å². The van der Waals surface area contributed by atoms with Crippen LogP contribution in [0.1, 0.15) is 5.69 Å². The predicted octanol–water partition coefficient (Wildman–Crippen LogP) is 5.40. The highest BCUT2D eigenvalue weighted by atomic mass is 16.6. The molecule has 10 nitrogen and oxygen atoms in total. The number of para-hydroxylation sites is 1. The van der Waals surface area contributed by atoms with Gasteiger partial charge < -0.3 is 13.7 Å². The van der Waals surface area contributed by atoms with Crippen LogP contribution in [0.15, 0.2) is 105 Å². The van der Waals surface area contributed by atoms with Gasteiger partial charge in [-0.3, -0.25) is 14.9 Å². The lowest BCUT2D eigenvalue weighted by atomic mass is 10.2. The van der Waals surface area contributed by atoms with E-state index in [2.05, 4.69) is 5.10 Å². The van der Waals surface area contributed by atoms with E-state index in [9.17, 15) is 14.9 Å². The van der Waals surface area contributed by atoms with Crippen molar-refractivity contribution in [3.63, 3.8) is 0 Å². The van der Waals surface area contributed by atoms with Gasteiger partial charge >= 0.3 is 0 Å². The maximum absolute atomic E-state index is 13.5. The first-order valence-corrected chi connectivity index (χ1v) is 11.6. The maximum Gasteiger partial charge on any atom is 0.282 e. The van der Waals surface area contributed by atoms with Gasteiger partial charge in [-0.05, 0) is 54.6 Å². The van der Waals surface area contributed by atoms with Crippen LogP contribution in [-0.4, -0.2) is 32.5 Å². The normalized spacial score (nSPS) is 11.5. The topological polar surface area (TPSA) is 118 Å². The molecule has 0 atom stereocenters. The summed E-state index contributed by atoms with van der Waals surface area (Å²) in [6, 6.07) is 24.1. The van der Waals surface area contributed by atoms with Crippen molar-refractivity contribution in [1.29, 1.82) is 0 Å². The fourth-order valence-electron chi connectivity index (χ4n) is 4.30. The summed E-state index contributed by atoms with van der Waals surface area (Å²) in [5.41, 5.74) is 2.09. The fourth-order valence-corrected chi connectivity index (χ4v) is 4.30. The van der Waals surface area contributed by atoms with Crippen molar-refractivity contribution in [3.05, 3.63) is 117 Å². The third-order valence-electron chi connectivity index (χ3n) is 6.14. The largest absolute Gasteiger partial charge is 0.496 e. The van der Waals surface area contributed by atoms with Crippen molar-refractivity contribution in [2.45, 2.75) is 0 Å². The average molecular weight is 505 g/mol. The third-order valence-corrected chi connectivity index (χ3v) is 6.14. The fraction of sp³-hybridized carbons (Fsp3) is 0.0357. The molecule has 0 saturated heterocycles. The zero-order valence-electron chi connectivity index (χ0n) is 20.0. The van der Waals surface area contributed by atoms with E-state index in [4.69, 9.17) is 14.1 Å². The first-order chi connectivity index (χ1) is 18.5. The number of fused-ring (bicyclic) bond motifs is 2. The van der Waals surface area contributed by atoms with Crippen molar-refractivity contribution in [1.82, 2.24) is 14.2 Å². The highest BCUT2D eigenvalue weighted by molar-refractivity contribution is 5.88. The summed E-state index contributed by atoms with van der Waals surface area (Å²) >= 11 is 0. The number of nitro groups is 1. The Kier molecular flexibility index (Phi) is 5.53. The monoisotopic (exact) mass is 505 g/mol. The SMILES string of the molecule is COc1cccc2oc(-c3nc4ccccc4c(=O)n3N=Cc3cccn3-c3ccc([N+](=O)[O-])cc3)cc12. The lowest BCUT2D eigenvalue weighted by molar-refractivity contribution is -0.384. The molecule has 10 heteroatoms. The molecule has 0 aliphatic rings. The number of benzene rings is 3. The summed E-state index contributed by atoms with van der Waals surface area (Å²) in [6.07, 6.45) is 3.34. The Morgan fingerprint density at radius 2 is 1.82 bits per heavy atom. The van der Waals surface area contributed by atoms with Gasteiger partial charge in [0.25, 0.3) is 11.2 Å². The zero-order valence-corrected chi connectivity index (χ0v) is 20.0. The Bertz CT molecular complexity index is 1910. The first-order valence-electron chi connectivity index (χ1n) is 11.6. The van der Waals surface area contributed by atoms with E-state index < -0.39 is 4.92 Å². The van der Waals surface area contributed by atoms with Crippen molar-refractivity contribution in [3.8, 4) is 23.0 Å². The van der Waals surface area contributed by atoms with Crippen molar-refractivity contribution in [2.75, 3.05) is 7.11 Å². The van der Waals surface area contributed by atoms with E-state index in [1.165, 1.54) is 23.0 Å². The van der Waals surface area contributed by atoms with Crippen LogP contribution in [0.4, 0.5) is 5.69 Å². The summed E-state index contributed by atoms with van der Waals surface area (Å²) in [6.45, 7) is 0. The lowest BCUT2D eigenvalue weighted by Crippen LogP contribution is -2.20. The van der Waals surface area contributed by atoms with Crippen molar-refractivity contribution < 1.29 is 14.1 Å². The van der Waals surface area contributed by atoms with Crippen LogP contribution in [-0.2, 0) is 0 Å². The Morgan fingerprint density at radius 1 is 1.00 bits per heavy atom. The molecule has 0 aliphatic carbocycles. The first kappa shape index (κ1) is 22.9. The molecule has 0 aliphatic heterocycles. The highest BCUT2D eigenvalue weighted by Gasteiger charge is 2.18. The number of ether oxygens (including phenoxy) is 1. The van der Waals surface area contributed by atoms with Gasteiger partial charge in [0, 0.05) is 24.0 Å². The predicted molar refractivity (Wildman–Crippen MR) is 143 cm³/mol. The van der Waals surface area contributed by atoms with Crippen LogP contribution >= 0.6 is 0 Å². The van der Waals surface area contributed by atoms with Crippen LogP contribution in [0.3, 0.4) is 0 Å². The third kappa shape index (κ3) is 3.90. The molecule has 0 amide bonds. The molecule has 0 radical (unpaired) electrons. The Balaban J connectivity index is 1.49. The van der Waals surface area contributed by atoms with Gasteiger partial charge in [-0.25, -0.2) is 4.98 Å². The standard InChI is InChI=1S/C28H19N5O5/c1-37-24-9-4-10-25-22(24)16-26(38-25)27-30-23-8-3-2-7-21(23)28(34)32(27)29-17-20-6-5-15-31(20)18-11-13-19(14-12-18)33(35)36/h2-17H,1H3. The van der Waals surface area contributed by atoms with E-state index >= 15 is 0 Å². The molecule has 186 valence electrons. The second-order valence-electron chi connectivity index (χ2n) is 8.37. The smallest absolute Gasteiger partial charge is 0.282 e. The summed E-state index contributed by atoms with van der Waals surface area (Å²) in [5, 5.41) is 16.7. The maximum atomic E-state index is 13.5. The number of aromatic nitrogens is 3. The number of hydrogen-bond acceptors (Lipinski definition) is 7. The van der Waals surface area contributed by atoms with E-state index in [1.54, 1.807) is 54.3 Å². The summed E-state index contributed by atoms with van der Waals surface area (Å²) in [5.74, 6) is 1.23. The minimum absolute atomic E-state index is 0.00276. The average Bonchev–Trinajstić information content (AvgIpc) is 3.59. The van der Waals surface area contributed by atoms with E-state index in [1.807, 2.05) is 36.4 Å². The molecule has 0 bridgehead atoms. The second-order valence-corrected chi connectivity index (χ2v) is 8.37. The molecule has 0 fully saturated rings. The van der Waals surface area contributed by atoms with Gasteiger partial charge in [0.15, 0.2) is 5.76 Å². The van der Waals surface area contributed by atoms with Crippen molar-refractivity contribution in [2.24, 2.45) is 5.10 Å². The zero-order chi connectivity index (χ0) is 26.2. The molecule has 3 aromatic carbocycles. The second kappa shape index (κ2) is 9.17. The van der Waals surface area contributed by atoms with Crippen LogP contribution in [0.5, 0.6) is 5.75 Å². The van der Waals surface area contributed by atoms with Crippen LogP contribution < -0.4 is 10.3 Å². The van der Waals surface area contributed by atoms with Crippen LogP contribution in [0.25, 0.3) is 39.1 Å². The lowest BCUT2D eigenvalue weighted by Gasteiger charge is -2.08. The molecule has 0 unspecified atom stereocenters. The Hall–Kier alpha value is -5.51. The number of furan rings is 1. The molecule has 3 aromatic heterocycles. The molecule has 0 saturated carbocycles. The number of methoxy groups -OCH3 is 1. The van der Waals surface area contributed by atoms with E-state index in [0.717, 1.165) is 5.39 Å². The van der Waals surface area contributed by atoms with Crippen LogP contribution in [0, 0.1) is 10.1 Å². The highest BCUT2D eigenvalue weighted by Crippen LogP contribution is 2.32. The molecular weight excluding hydrogens is 486 g/mol. The van der Waals surface area contributed by atoms with Gasteiger partial charge in [-0.2, -0.15) is 9.78 Å². The van der Waals surface area contributed by atoms with Crippen molar-refractivity contribution >= 4 is 33.8 Å². The number of nitrogens with zero attached hydrogens (tertiary/aromatic N) is 5. The number of hydrogen-bond donors (Lipinski definition) is 0. The molecule has 0 N–H and O–H groups in total. The minimum atomic E-state index is -0.448. The van der Waals surface area contributed by atoms with Crippen LogP contribution in [0.2, 0.25) is 0 Å². The minimum Gasteiger partial charge on any atom is -0.496 e. The molecule has 3 heterocycles. The molecule has 6 aromatic rings. The Labute approximate surface area is 214 Å². The quantitative estimate of drug-likeness (QED) is 0.170. The number of rotatable bonds is 6. The summed E-state index contributed by atoms with van der Waals surface area (Å²) in [7, 11) is 1.58. The molecule has 0 spiro atoms. The number of non-ortho nitro benzene ring substituents is 1.